The van der Waals surface area contributed by atoms with Crippen molar-refractivity contribution in [1.82, 2.24) is 0 Å². The van der Waals surface area contributed by atoms with E-state index < -0.39 is 12.1 Å². The maximum atomic E-state index is 11.8. The van der Waals surface area contributed by atoms with Crippen molar-refractivity contribution in [1.29, 1.82) is 0 Å². The summed E-state index contributed by atoms with van der Waals surface area (Å²) in [5.74, 6) is 0.0546. The maximum absolute atomic E-state index is 11.8. The van der Waals surface area contributed by atoms with E-state index in [0.29, 0.717) is 56.3 Å². The normalized spacial score (nSPS) is 12.8. The van der Waals surface area contributed by atoms with Crippen LogP contribution in [-0.4, -0.2) is 19.2 Å². The third kappa shape index (κ3) is 3.41. The number of methoxy groups -OCH3 is 1. The zero-order valence-electron chi connectivity index (χ0n) is 13.8. The Morgan fingerprint density at radius 3 is 2.54 bits per heavy atom. The second-order valence-corrected chi connectivity index (χ2v) is 6.44. The summed E-state index contributed by atoms with van der Waals surface area (Å²) in [6, 6.07) is 4.99. The number of halogens is 2. The molecule has 1 aliphatic carbocycles. The molecule has 26 heavy (non-hydrogen) atoms. The second-order valence-electron chi connectivity index (χ2n) is 5.52. The number of fused-ring (bicyclic) bond motifs is 2. The molecule has 0 amide bonds. The quantitative estimate of drug-likeness (QED) is 0.320. The summed E-state index contributed by atoms with van der Waals surface area (Å²) >= 11 is 12.3. The molecule has 5 nitrogen and oxygen atoms in total. The van der Waals surface area contributed by atoms with Crippen LogP contribution in [0.3, 0.4) is 0 Å². The van der Waals surface area contributed by atoms with Crippen LogP contribution in [0.15, 0.2) is 42.0 Å². The number of carbonyl (C=O) groups is 2. The molecule has 0 saturated carbocycles. The summed E-state index contributed by atoms with van der Waals surface area (Å²) in [4.78, 5) is 23.6. The molecule has 0 aromatic heterocycles. The zero-order chi connectivity index (χ0) is 18.8. The molecule has 3 rings (SSSR count). The van der Waals surface area contributed by atoms with Gasteiger partial charge < -0.3 is 14.2 Å². The van der Waals surface area contributed by atoms with Crippen LogP contribution in [0.1, 0.15) is 11.1 Å². The Kier molecular flexibility index (Phi) is 5.20. The van der Waals surface area contributed by atoms with Crippen molar-refractivity contribution >= 4 is 46.1 Å². The van der Waals surface area contributed by atoms with Gasteiger partial charge in [-0.2, -0.15) is 0 Å². The molecule has 7 heteroatoms. The van der Waals surface area contributed by atoms with Gasteiger partial charge in [-0.1, -0.05) is 35.9 Å². The predicted octanol–water partition coefficient (Wildman–Crippen LogP) is 4.95. The molecule has 2 aromatic carbocycles. The Morgan fingerprint density at radius 1 is 1.12 bits per heavy atom. The van der Waals surface area contributed by atoms with Crippen LogP contribution >= 0.6 is 23.2 Å². The predicted molar refractivity (Wildman–Crippen MR) is 99.2 cm³/mol. The first-order chi connectivity index (χ1) is 12.4. The topological polar surface area (TPSA) is 61.8 Å². The summed E-state index contributed by atoms with van der Waals surface area (Å²) in [5.41, 5.74) is 1.35. The van der Waals surface area contributed by atoms with E-state index in [1.165, 1.54) is 7.11 Å². The molecule has 0 spiro atoms. The molecule has 1 aliphatic rings. The van der Waals surface area contributed by atoms with E-state index in [2.05, 4.69) is 11.3 Å². The number of esters is 1. The molecule has 0 bridgehead atoms. The van der Waals surface area contributed by atoms with Crippen LogP contribution in [0, 0.1) is 0 Å². The van der Waals surface area contributed by atoms with Gasteiger partial charge in [-0.25, -0.2) is 9.59 Å². The molecule has 0 radical (unpaired) electrons. The summed E-state index contributed by atoms with van der Waals surface area (Å²) in [5, 5.41) is 2.14. The van der Waals surface area contributed by atoms with Gasteiger partial charge in [-0.3, -0.25) is 0 Å². The van der Waals surface area contributed by atoms with Gasteiger partial charge in [-0.15, -0.1) is 0 Å². The maximum Gasteiger partial charge on any atom is 0.513 e. The third-order valence-electron chi connectivity index (χ3n) is 3.98. The van der Waals surface area contributed by atoms with E-state index in [1.807, 2.05) is 6.08 Å². The molecule has 0 heterocycles. The van der Waals surface area contributed by atoms with E-state index in [1.54, 1.807) is 18.2 Å². The number of carbonyl (C=O) groups excluding carboxylic acids is 2. The fourth-order valence-corrected chi connectivity index (χ4v) is 3.24. The average molecular weight is 393 g/mol. The van der Waals surface area contributed by atoms with Gasteiger partial charge in [0, 0.05) is 44.5 Å². The van der Waals surface area contributed by atoms with Crippen LogP contribution in [0.5, 0.6) is 11.5 Å². The van der Waals surface area contributed by atoms with E-state index in [9.17, 15) is 9.59 Å². The molecular formula is C19H14Cl2O5. The molecule has 0 atom stereocenters. The highest BCUT2D eigenvalue weighted by atomic mass is 35.5. The van der Waals surface area contributed by atoms with E-state index >= 15 is 0 Å². The minimum Gasteiger partial charge on any atom is -0.437 e. The van der Waals surface area contributed by atoms with Crippen LogP contribution in [0.25, 0.3) is 10.8 Å². The first-order valence-corrected chi connectivity index (χ1v) is 8.41. The highest BCUT2D eigenvalue weighted by molar-refractivity contribution is 6.31. The van der Waals surface area contributed by atoms with Crippen molar-refractivity contribution in [3.05, 3.63) is 58.1 Å². The van der Waals surface area contributed by atoms with Gasteiger partial charge in [0.2, 0.25) is 0 Å². The number of rotatable bonds is 3. The van der Waals surface area contributed by atoms with Crippen molar-refractivity contribution in [3.8, 4) is 11.5 Å². The van der Waals surface area contributed by atoms with Crippen LogP contribution in [-0.2, 0) is 22.4 Å². The lowest BCUT2D eigenvalue weighted by Crippen LogP contribution is -2.14. The number of ether oxygens (including phenoxy) is 3. The number of hydrogen-bond donors (Lipinski definition) is 0. The van der Waals surface area contributed by atoms with Gasteiger partial charge in [0.25, 0.3) is 0 Å². The van der Waals surface area contributed by atoms with Crippen molar-refractivity contribution in [3.63, 3.8) is 0 Å². The molecule has 0 aliphatic heterocycles. The first kappa shape index (κ1) is 18.3. The molecule has 0 N–H and O–H groups in total. The number of allylic oxidation sites excluding steroid dienone is 2. The largest absolute Gasteiger partial charge is 0.513 e. The Balaban J connectivity index is 2.34. The Bertz CT molecular complexity index is 962. The highest BCUT2D eigenvalue weighted by Gasteiger charge is 2.26. The van der Waals surface area contributed by atoms with Crippen molar-refractivity contribution in [2.24, 2.45) is 0 Å². The Labute approximate surface area is 159 Å². The van der Waals surface area contributed by atoms with Crippen molar-refractivity contribution < 1.29 is 23.8 Å². The van der Waals surface area contributed by atoms with E-state index in [-0.39, 0.29) is 0 Å². The summed E-state index contributed by atoms with van der Waals surface area (Å²) in [7, 11) is 1.22. The SMILES string of the molecule is C=CC(=O)Oc1c2c(c(OC(=O)OC)c3cc(Cl)ccc13)CC=C(Cl)C2. The standard InChI is InChI=1S/C19H14Cl2O5/c1-3-16(22)25-17-12-6-4-11(21)9-15(12)18(26-19(23)24-2)13-7-5-10(20)8-14(13)17/h3-6,9H,1,7-8H2,2H3. The molecule has 0 unspecified atom stereocenters. The Morgan fingerprint density at radius 2 is 1.85 bits per heavy atom. The monoisotopic (exact) mass is 392 g/mol. The minimum atomic E-state index is -0.857. The van der Waals surface area contributed by atoms with Gasteiger partial charge in [0.15, 0.2) is 0 Å². The molecule has 2 aromatic rings. The number of benzene rings is 2. The lowest BCUT2D eigenvalue weighted by molar-refractivity contribution is -0.128. The first-order valence-electron chi connectivity index (χ1n) is 7.66. The molecule has 0 saturated heterocycles. The highest BCUT2D eigenvalue weighted by Crippen LogP contribution is 2.45. The second kappa shape index (κ2) is 7.40. The van der Waals surface area contributed by atoms with Crippen molar-refractivity contribution in [2.75, 3.05) is 7.11 Å². The van der Waals surface area contributed by atoms with Gasteiger partial charge in [0.1, 0.15) is 11.5 Å². The fourth-order valence-electron chi connectivity index (χ4n) is 2.86. The zero-order valence-corrected chi connectivity index (χ0v) is 15.3. The van der Waals surface area contributed by atoms with Crippen LogP contribution in [0.4, 0.5) is 4.79 Å². The lowest BCUT2D eigenvalue weighted by Gasteiger charge is -2.23. The molecule has 0 fully saturated rings. The van der Waals surface area contributed by atoms with Crippen LogP contribution < -0.4 is 9.47 Å². The van der Waals surface area contributed by atoms with Crippen LogP contribution in [0.2, 0.25) is 5.02 Å². The molecular weight excluding hydrogens is 379 g/mol. The van der Waals surface area contributed by atoms with Gasteiger partial charge >= 0.3 is 12.1 Å². The van der Waals surface area contributed by atoms with Gasteiger partial charge in [0.05, 0.1) is 7.11 Å². The Hall–Kier alpha value is -2.50. The van der Waals surface area contributed by atoms with Gasteiger partial charge in [-0.05, 0) is 24.6 Å². The fraction of sp³-hybridized carbons (Fsp3) is 0.158. The smallest absolute Gasteiger partial charge is 0.437 e. The van der Waals surface area contributed by atoms with Crippen molar-refractivity contribution in [2.45, 2.75) is 12.8 Å². The van der Waals surface area contributed by atoms with E-state index in [4.69, 9.17) is 32.7 Å². The average Bonchev–Trinajstić information content (AvgIpc) is 2.63. The summed E-state index contributed by atoms with van der Waals surface area (Å²) < 4.78 is 15.5. The summed E-state index contributed by atoms with van der Waals surface area (Å²) in [6.45, 7) is 3.43. The lowest BCUT2D eigenvalue weighted by atomic mass is 9.90. The van der Waals surface area contributed by atoms with E-state index in [0.717, 1.165) is 6.08 Å². The number of hydrogen-bond acceptors (Lipinski definition) is 5. The minimum absolute atomic E-state index is 0.308. The summed E-state index contributed by atoms with van der Waals surface area (Å²) in [6.07, 6.45) is 2.77. The third-order valence-corrected chi connectivity index (χ3v) is 4.50. The molecule has 134 valence electrons.